The Labute approximate surface area is 128 Å². The zero-order valence-corrected chi connectivity index (χ0v) is 11.3. The number of nitrogens with one attached hydrogen (secondary N) is 1. The molecule has 23 heavy (non-hydrogen) atoms. The lowest BCUT2D eigenvalue weighted by atomic mass is 10.2. The number of hydrogen-bond donors (Lipinski definition) is 1. The highest BCUT2D eigenvalue weighted by Crippen LogP contribution is 2.35. The molecule has 1 aliphatic rings. The molecular weight excluding hydrogens is 356 g/mol. The highest BCUT2D eigenvalue weighted by molar-refractivity contribution is 6.30. The van der Waals surface area contributed by atoms with Crippen molar-refractivity contribution in [2.45, 2.75) is 12.4 Å². The number of carbonyl (C=O) groups excluding carboxylic acids is 2. The fourth-order valence-corrected chi connectivity index (χ4v) is 1.86. The third-order valence-electron chi connectivity index (χ3n) is 2.61. The molecule has 1 N–H and O–H groups in total. The van der Waals surface area contributed by atoms with Gasteiger partial charge in [-0.05, 0) is 12.1 Å². The van der Waals surface area contributed by atoms with Crippen LogP contribution in [0.3, 0.4) is 0 Å². The Hall–Kier alpha value is -2.30. The molecule has 0 aliphatic carbocycles. The predicted octanol–water partition coefficient (Wildman–Crippen LogP) is 2.94. The van der Waals surface area contributed by atoms with Gasteiger partial charge in [0.25, 0.3) is 11.8 Å². The van der Waals surface area contributed by atoms with Gasteiger partial charge in [0, 0.05) is 6.08 Å². The summed E-state index contributed by atoms with van der Waals surface area (Å²) in [5.41, 5.74) is -1.11. The summed E-state index contributed by atoms with van der Waals surface area (Å²) in [6.07, 6.45) is -9.78. The molecule has 0 saturated heterocycles. The Morgan fingerprint density at radius 3 is 2.09 bits per heavy atom. The largest absolute Gasteiger partial charge is 0.421 e. The third-order valence-corrected chi connectivity index (χ3v) is 2.90. The Morgan fingerprint density at radius 1 is 1.04 bits per heavy atom. The summed E-state index contributed by atoms with van der Waals surface area (Å²) in [6.45, 7) is 0. The summed E-state index contributed by atoms with van der Waals surface area (Å²) in [5.74, 6) is -3.57. The zero-order valence-electron chi connectivity index (χ0n) is 10.6. The van der Waals surface area contributed by atoms with Crippen LogP contribution in [0.2, 0.25) is 5.15 Å². The minimum Gasteiger partial charge on any atom is -0.271 e. The molecule has 0 radical (unpaired) electrons. The first-order valence-corrected chi connectivity index (χ1v) is 5.97. The first kappa shape index (κ1) is 17.1. The predicted molar refractivity (Wildman–Crippen MR) is 63.9 cm³/mol. The molecule has 124 valence electrons. The normalized spacial score (nSPS) is 16.0. The Morgan fingerprint density at radius 2 is 1.65 bits per heavy atom. The molecule has 0 unspecified atom stereocenters. The lowest BCUT2D eigenvalue weighted by Gasteiger charge is -2.18. The van der Waals surface area contributed by atoms with Gasteiger partial charge in [0.15, 0.2) is 0 Å². The molecule has 12 heteroatoms. The Kier molecular flexibility index (Phi) is 4.01. The van der Waals surface area contributed by atoms with Crippen LogP contribution in [0.1, 0.15) is 5.56 Å². The summed E-state index contributed by atoms with van der Waals surface area (Å²) in [6, 6.07) is 1.21. The van der Waals surface area contributed by atoms with Crippen molar-refractivity contribution in [3.63, 3.8) is 0 Å². The number of hydrazine groups is 1. The Balaban J connectivity index is 2.23. The van der Waals surface area contributed by atoms with Gasteiger partial charge >= 0.3 is 12.4 Å². The maximum Gasteiger partial charge on any atom is 0.421 e. The van der Waals surface area contributed by atoms with Gasteiger partial charge in [0.1, 0.15) is 16.5 Å². The summed E-state index contributed by atoms with van der Waals surface area (Å²) in [5, 5.41) is -1.03. The topological polar surface area (TPSA) is 62.3 Å². The van der Waals surface area contributed by atoms with E-state index in [0.717, 1.165) is 0 Å². The van der Waals surface area contributed by atoms with E-state index in [1.165, 1.54) is 0 Å². The van der Waals surface area contributed by atoms with Gasteiger partial charge < -0.3 is 0 Å². The lowest BCUT2D eigenvalue weighted by Crippen LogP contribution is -2.38. The fourth-order valence-electron chi connectivity index (χ4n) is 1.60. The van der Waals surface area contributed by atoms with Crippen LogP contribution < -0.4 is 5.43 Å². The number of hydrogen-bond acceptors (Lipinski definition) is 4. The number of halogens is 7. The average molecular weight is 360 g/mol. The van der Waals surface area contributed by atoms with Crippen LogP contribution in [0, 0.1) is 0 Å². The summed E-state index contributed by atoms with van der Waals surface area (Å²) < 4.78 is 74.9. The van der Waals surface area contributed by atoms with E-state index in [2.05, 4.69) is 4.98 Å². The maximum atomic E-state index is 12.5. The van der Waals surface area contributed by atoms with Crippen LogP contribution in [0.5, 0.6) is 0 Å². The number of imide groups is 1. The molecule has 0 fully saturated rings. The SMILES string of the molecule is O=C1C=C(C(F)(F)F)C(=O)N1Nc1ccc(C(F)(F)F)c(Cl)n1. The summed E-state index contributed by atoms with van der Waals surface area (Å²) >= 11 is 5.32. The second-order valence-corrected chi connectivity index (χ2v) is 4.54. The minimum atomic E-state index is -5.05. The molecule has 0 aromatic carbocycles. The van der Waals surface area contributed by atoms with Crippen molar-refractivity contribution >= 4 is 29.2 Å². The number of pyridine rings is 1. The average Bonchev–Trinajstić information content (AvgIpc) is 2.65. The van der Waals surface area contributed by atoms with Gasteiger partial charge in [-0.3, -0.25) is 15.0 Å². The zero-order chi connectivity index (χ0) is 17.6. The van der Waals surface area contributed by atoms with E-state index in [1.807, 2.05) is 5.43 Å². The van der Waals surface area contributed by atoms with Crippen molar-refractivity contribution in [3.8, 4) is 0 Å². The highest BCUT2D eigenvalue weighted by Gasteiger charge is 2.47. The van der Waals surface area contributed by atoms with E-state index in [-0.39, 0.29) is 11.1 Å². The quantitative estimate of drug-likeness (QED) is 0.501. The fraction of sp³-hybridized carbons (Fsp3) is 0.182. The maximum absolute atomic E-state index is 12.5. The number of anilines is 1. The molecule has 1 aromatic heterocycles. The number of aromatic nitrogens is 1. The molecular formula is C11H4ClF6N3O2. The third kappa shape index (κ3) is 3.38. The number of carbonyl (C=O) groups is 2. The Bertz CT molecular complexity index is 713. The van der Waals surface area contributed by atoms with Gasteiger partial charge in [-0.2, -0.15) is 31.4 Å². The van der Waals surface area contributed by atoms with Crippen molar-refractivity contribution in [3.05, 3.63) is 34.5 Å². The lowest BCUT2D eigenvalue weighted by molar-refractivity contribution is -0.141. The van der Waals surface area contributed by atoms with Crippen molar-refractivity contribution < 1.29 is 35.9 Å². The van der Waals surface area contributed by atoms with E-state index in [1.54, 1.807) is 0 Å². The van der Waals surface area contributed by atoms with E-state index in [9.17, 15) is 35.9 Å². The van der Waals surface area contributed by atoms with Crippen molar-refractivity contribution in [2.24, 2.45) is 0 Å². The smallest absolute Gasteiger partial charge is 0.271 e. The van der Waals surface area contributed by atoms with Crippen LogP contribution in [-0.4, -0.2) is 28.0 Å². The van der Waals surface area contributed by atoms with Crippen LogP contribution >= 0.6 is 11.6 Å². The van der Waals surface area contributed by atoms with Crippen molar-refractivity contribution in [1.29, 1.82) is 0 Å². The number of amides is 2. The van der Waals surface area contributed by atoms with Gasteiger partial charge in [-0.15, -0.1) is 0 Å². The molecule has 0 atom stereocenters. The van der Waals surface area contributed by atoms with Crippen LogP contribution in [0.15, 0.2) is 23.8 Å². The standard InChI is InChI=1S/C11H4ClF6N3O2/c12-8-4(10(13,14)15)1-2-6(19-8)20-21-7(22)3-5(9(21)23)11(16,17)18/h1-3H,(H,19,20). The first-order valence-electron chi connectivity index (χ1n) is 5.59. The van der Waals surface area contributed by atoms with Crippen LogP contribution in [0.4, 0.5) is 32.2 Å². The van der Waals surface area contributed by atoms with Gasteiger partial charge in [-0.1, -0.05) is 11.6 Å². The molecule has 0 bridgehead atoms. The molecule has 2 amide bonds. The second kappa shape index (κ2) is 5.41. The number of alkyl halides is 6. The van der Waals surface area contributed by atoms with Gasteiger partial charge in [0.2, 0.25) is 0 Å². The number of rotatable bonds is 2. The molecule has 1 aliphatic heterocycles. The van der Waals surface area contributed by atoms with E-state index < -0.39 is 46.3 Å². The van der Waals surface area contributed by atoms with E-state index >= 15 is 0 Å². The van der Waals surface area contributed by atoms with Gasteiger partial charge in [0.05, 0.1) is 5.56 Å². The number of nitrogens with zero attached hydrogens (tertiary/aromatic N) is 2. The molecule has 1 aromatic rings. The second-order valence-electron chi connectivity index (χ2n) is 4.18. The molecule has 2 heterocycles. The molecule has 5 nitrogen and oxygen atoms in total. The van der Waals surface area contributed by atoms with Crippen LogP contribution in [-0.2, 0) is 15.8 Å². The summed E-state index contributed by atoms with van der Waals surface area (Å²) in [7, 11) is 0. The monoisotopic (exact) mass is 359 g/mol. The van der Waals surface area contributed by atoms with E-state index in [0.29, 0.717) is 12.1 Å². The van der Waals surface area contributed by atoms with Crippen LogP contribution in [0.25, 0.3) is 0 Å². The van der Waals surface area contributed by atoms with Crippen molar-refractivity contribution in [2.75, 3.05) is 5.43 Å². The molecule has 0 saturated carbocycles. The molecule has 0 spiro atoms. The first-order chi connectivity index (χ1) is 10.4. The molecule has 2 rings (SSSR count). The highest BCUT2D eigenvalue weighted by atomic mass is 35.5. The minimum absolute atomic E-state index is 0.0330. The van der Waals surface area contributed by atoms with Gasteiger partial charge in [-0.25, -0.2) is 4.98 Å². The van der Waals surface area contributed by atoms with E-state index in [4.69, 9.17) is 11.6 Å². The van der Waals surface area contributed by atoms with Crippen molar-refractivity contribution in [1.82, 2.24) is 9.99 Å². The summed E-state index contributed by atoms with van der Waals surface area (Å²) in [4.78, 5) is 26.1.